The Balaban J connectivity index is 2.84. The summed E-state index contributed by atoms with van der Waals surface area (Å²) in [5, 5.41) is 9.21. The molecule has 2 atom stereocenters. The zero-order valence-corrected chi connectivity index (χ0v) is 8.11. The Morgan fingerprint density at radius 2 is 1.79 bits per heavy atom. The first kappa shape index (κ1) is 11.0. The maximum atomic E-state index is 10.5. The van der Waals surface area contributed by atoms with Gasteiger partial charge in [-0.2, -0.15) is 0 Å². The molecule has 14 heavy (non-hydrogen) atoms. The van der Waals surface area contributed by atoms with E-state index in [9.17, 15) is 4.79 Å². The number of rotatable bonds is 3. The van der Waals surface area contributed by atoms with Gasteiger partial charge in [-0.15, -0.1) is 0 Å². The van der Waals surface area contributed by atoms with Gasteiger partial charge in [0.25, 0.3) is 0 Å². The molecule has 76 valence electrons. The SMILES string of the molecule is N[C@H](C(=O)O)[C@H](N)c1ccc(Cl)cc1. The van der Waals surface area contributed by atoms with Crippen molar-refractivity contribution in [3.8, 4) is 0 Å². The van der Waals surface area contributed by atoms with Gasteiger partial charge in [-0.25, -0.2) is 0 Å². The van der Waals surface area contributed by atoms with Crippen molar-refractivity contribution < 1.29 is 9.90 Å². The van der Waals surface area contributed by atoms with Crippen LogP contribution in [0.15, 0.2) is 24.3 Å². The largest absolute Gasteiger partial charge is 0.480 e. The molecule has 5 heteroatoms. The first-order chi connectivity index (χ1) is 6.52. The molecule has 0 unspecified atom stereocenters. The van der Waals surface area contributed by atoms with E-state index in [4.69, 9.17) is 28.2 Å². The van der Waals surface area contributed by atoms with Crippen LogP contribution in [0.25, 0.3) is 0 Å². The molecular formula is C9H11ClN2O2. The van der Waals surface area contributed by atoms with Crippen LogP contribution in [0, 0.1) is 0 Å². The lowest BCUT2D eigenvalue weighted by atomic mass is 10.0. The molecule has 0 aliphatic rings. The number of hydrogen-bond acceptors (Lipinski definition) is 3. The molecule has 5 N–H and O–H groups in total. The minimum atomic E-state index is -1.12. The third kappa shape index (κ3) is 2.45. The van der Waals surface area contributed by atoms with Crippen molar-refractivity contribution in [2.45, 2.75) is 12.1 Å². The summed E-state index contributed by atoms with van der Waals surface area (Å²) in [6.45, 7) is 0. The van der Waals surface area contributed by atoms with Crippen molar-refractivity contribution in [1.29, 1.82) is 0 Å². The molecule has 1 aromatic carbocycles. The highest BCUT2D eigenvalue weighted by Crippen LogP contribution is 2.16. The fraction of sp³-hybridized carbons (Fsp3) is 0.222. The molecule has 0 amide bonds. The maximum absolute atomic E-state index is 10.5. The van der Waals surface area contributed by atoms with Gasteiger partial charge in [0.2, 0.25) is 0 Å². The zero-order chi connectivity index (χ0) is 10.7. The van der Waals surface area contributed by atoms with Crippen LogP contribution in [-0.4, -0.2) is 17.1 Å². The Labute approximate surface area is 86.5 Å². The maximum Gasteiger partial charge on any atom is 0.322 e. The first-order valence-electron chi connectivity index (χ1n) is 4.02. The van der Waals surface area contributed by atoms with Crippen molar-refractivity contribution in [2.24, 2.45) is 11.5 Å². The van der Waals surface area contributed by atoms with Gasteiger partial charge in [0, 0.05) is 5.02 Å². The fourth-order valence-corrected chi connectivity index (χ4v) is 1.17. The van der Waals surface area contributed by atoms with Gasteiger partial charge in [0.15, 0.2) is 0 Å². The van der Waals surface area contributed by atoms with Gasteiger partial charge < -0.3 is 16.6 Å². The molecule has 0 aliphatic carbocycles. The Bertz CT molecular complexity index is 326. The van der Waals surface area contributed by atoms with Gasteiger partial charge in [0.05, 0.1) is 6.04 Å². The minimum Gasteiger partial charge on any atom is -0.480 e. The van der Waals surface area contributed by atoms with Crippen LogP contribution in [0.2, 0.25) is 5.02 Å². The normalized spacial score (nSPS) is 14.8. The van der Waals surface area contributed by atoms with Gasteiger partial charge >= 0.3 is 5.97 Å². The summed E-state index contributed by atoms with van der Waals surface area (Å²) >= 11 is 5.67. The average Bonchev–Trinajstić information content (AvgIpc) is 2.16. The number of nitrogens with two attached hydrogens (primary N) is 2. The number of carboxylic acids is 1. The van der Waals surface area contributed by atoms with E-state index in [1.165, 1.54) is 0 Å². The highest BCUT2D eigenvalue weighted by Gasteiger charge is 2.21. The first-order valence-corrected chi connectivity index (χ1v) is 4.39. The predicted molar refractivity (Wildman–Crippen MR) is 54.0 cm³/mol. The van der Waals surface area contributed by atoms with Crippen LogP contribution >= 0.6 is 11.6 Å². The van der Waals surface area contributed by atoms with Crippen LogP contribution in [0.3, 0.4) is 0 Å². The molecule has 0 heterocycles. The van der Waals surface area contributed by atoms with E-state index in [0.29, 0.717) is 10.6 Å². The molecule has 1 rings (SSSR count). The van der Waals surface area contributed by atoms with Gasteiger partial charge in [-0.05, 0) is 17.7 Å². The van der Waals surface area contributed by atoms with Crippen molar-refractivity contribution >= 4 is 17.6 Å². The summed E-state index contributed by atoms with van der Waals surface area (Å²) in [5.41, 5.74) is 11.7. The summed E-state index contributed by atoms with van der Waals surface area (Å²) in [4.78, 5) is 10.5. The number of aliphatic carboxylic acids is 1. The lowest BCUT2D eigenvalue weighted by Crippen LogP contribution is -2.40. The molecule has 4 nitrogen and oxygen atoms in total. The number of halogens is 1. The molecule has 0 bridgehead atoms. The molecule has 1 aromatic rings. The molecule has 0 aromatic heterocycles. The molecule has 0 saturated carbocycles. The van der Waals surface area contributed by atoms with Crippen molar-refractivity contribution in [3.63, 3.8) is 0 Å². The van der Waals surface area contributed by atoms with E-state index in [1.54, 1.807) is 24.3 Å². The standard InChI is InChI=1S/C9H11ClN2O2/c10-6-3-1-5(2-4-6)7(11)8(12)9(13)14/h1-4,7-8H,11-12H2,(H,13,14)/t7-,8+/m1/s1. The third-order valence-corrected chi connectivity index (χ3v) is 2.18. The number of benzene rings is 1. The zero-order valence-electron chi connectivity index (χ0n) is 7.35. The summed E-state index contributed by atoms with van der Waals surface area (Å²) in [6, 6.07) is 4.79. The average molecular weight is 215 g/mol. The van der Waals surface area contributed by atoms with E-state index in [-0.39, 0.29) is 0 Å². The van der Waals surface area contributed by atoms with Crippen molar-refractivity contribution in [3.05, 3.63) is 34.9 Å². The van der Waals surface area contributed by atoms with E-state index < -0.39 is 18.1 Å². The highest BCUT2D eigenvalue weighted by atomic mass is 35.5. The molecule has 0 aliphatic heterocycles. The summed E-state index contributed by atoms with van der Waals surface area (Å²) in [5.74, 6) is -1.12. The number of carboxylic acid groups (broad SMARTS) is 1. The van der Waals surface area contributed by atoms with Crippen LogP contribution in [-0.2, 0) is 4.79 Å². The van der Waals surface area contributed by atoms with E-state index in [1.807, 2.05) is 0 Å². The second-order valence-electron chi connectivity index (χ2n) is 2.94. The minimum absolute atomic E-state index is 0.574. The summed E-state index contributed by atoms with van der Waals surface area (Å²) < 4.78 is 0. The second-order valence-corrected chi connectivity index (χ2v) is 3.38. The highest BCUT2D eigenvalue weighted by molar-refractivity contribution is 6.30. The number of hydrogen-bond donors (Lipinski definition) is 3. The van der Waals surface area contributed by atoms with E-state index >= 15 is 0 Å². The van der Waals surface area contributed by atoms with Gasteiger partial charge in [0.1, 0.15) is 6.04 Å². The van der Waals surface area contributed by atoms with Crippen LogP contribution in [0.1, 0.15) is 11.6 Å². The fourth-order valence-electron chi connectivity index (χ4n) is 1.05. The van der Waals surface area contributed by atoms with Crippen LogP contribution in [0.5, 0.6) is 0 Å². The Kier molecular flexibility index (Phi) is 3.46. The third-order valence-electron chi connectivity index (χ3n) is 1.93. The van der Waals surface area contributed by atoms with E-state index in [2.05, 4.69) is 0 Å². The quantitative estimate of drug-likeness (QED) is 0.693. The summed E-state index contributed by atoms with van der Waals surface area (Å²) in [7, 11) is 0. The molecule has 0 spiro atoms. The Morgan fingerprint density at radius 3 is 2.21 bits per heavy atom. The number of carbonyl (C=O) groups is 1. The molecule has 0 radical (unpaired) electrons. The van der Waals surface area contributed by atoms with Crippen LogP contribution < -0.4 is 11.5 Å². The molecule has 0 fully saturated rings. The lowest BCUT2D eigenvalue weighted by molar-refractivity contribution is -0.139. The second kappa shape index (κ2) is 4.41. The topological polar surface area (TPSA) is 89.3 Å². The van der Waals surface area contributed by atoms with Gasteiger partial charge in [-0.3, -0.25) is 4.79 Å². The Hall–Kier alpha value is -1.10. The van der Waals surface area contributed by atoms with Crippen molar-refractivity contribution in [1.82, 2.24) is 0 Å². The lowest BCUT2D eigenvalue weighted by Gasteiger charge is -2.16. The van der Waals surface area contributed by atoms with Crippen molar-refractivity contribution in [2.75, 3.05) is 0 Å². The molecular weight excluding hydrogens is 204 g/mol. The molecule has 0 saturated heterocycles. The Morgan fingerprint density at radius 1 is 1.29 bits per heavy atom. The van der Waals surface area contributed by atoms with Gasteiger partial charge in [-0.1, -0.05) is 23.7 Å². The van der Waals surface area contributed by atoms with E-state index in [0.717, 1.165) is 0 Å². The summed E-state index contributed by atoms with van der Waals surface area (Å²) in [6.07, 6.45) is 0. The van der Waals surface area contributed by atoms with Crippen LogP contribution in [0.4, 0.5) is 0 Å². The monoisotopic (exact) mass is 214 g/mol. The predicted octanol–water partition coefficient (Wildman–Crippen LogP) is 0.752. The smallest absolute Gasteiger partial charge is 0.322 e.